The van der Waals surface area contributed by atoms with Gasteiger partial charge in [0.1, 0.15) is 0 Å². The van der Waals surface area contributed by atoms with Gasteiger partial charge in [0.25, 0.3) is 0 Å². The second-order valence-corrected chi connectivity index (χ2v) is 4.95. The van der Waals surface area contributed by atoms with Gasteiger partial charge in [0, 0.05) is 12.6 Å². The molecule has 1 heterocycles. The van der Waals surface area contributed by atoms with Crippen LogP contribution in [0.5, 0.6) is 0 Å². The lowest BCUT2D eigenvalue weighted by Crippen LogP contribution is -2.49. The average Bonchev–Trinajstić information content (AvgIpc) is 3.23. The Hall–Kier alpha value is -1.10. The molecule has 0 aromatic heterocycles. The Balaban J connectivity index is 0.00000133. The van der Waals surface area contributed by atoms with Crippen molar-refractivity contribution in [2.24, 2.45) is 0 Å². The van der Waals surface area contributed by atoms with E-state index in [0.29, 0.717) is 12.6 Å². The quantitative estimate of drug-likeness (QED) is 0.923. The Bertz CT molecular complexity index is 436. The fourth-order valence-corrected chi connectivity index (χ4v) is 2.73. The minimum absolute atomic E-state index is 0. The van der Waals surface area contributed by atoms with E-state index in [0.717, 1.165) is 12.1 Å². The molecule has 4 nitrogen and oxygen atoms in total. The van der Waals surface area contributed by atoms with Crippen LogP contribution >= 0.6 is 12.4 Å². The number of hydrogen-bond acceptors (Lipinski definition) is 3. The number of carbonyl (C=O) groups is 1. The maximum absolute atomic E-state index is 11.4. The highest BCUT2D eigenvalue weighted by Crippen LogP contribution is 2.38. The van der Waals surface area contributed by atoms with E-state index in [-0.39, 0.29) is 18.4 Å². The van der Waals surface area contributed by atoms with Crippen molar-refractivity contribution in [1.82, 2.24) is 4.90 Å². The zero-order valence-corrected chi connectivity index (χ0v) is 11.4. The molecule has 1 aliphatic heterocycles. The molecule has 1 saturated heterocycles. The summed E-state index contributed by atoms with van der Waals surface area (Å²) in [6.45, 7) is 1.34. The standard InChI is InChI=1S/C14H17NO3.ClH/c16-14(17)13-12(10-4-2-1-3-5-10)15(8-9-18-13)11-6-7-11;/h1-5,11-13H,6-9H2,(H,16,17);1H/t12-,13+;/m0./s1. The third-order valence-corrected chi connectivity index (χ3v) is 3.69. The summed E-state index contributed by atoms with van der Waals surface area (Å²) in [5.74, 6) is -0.866. The van der Waals surface area contributed by atoms with E-state index in [9.17, 15) is 9.90 Å². The van der Waals surface area contributed by atoms with Gasteiger partial charge in [0.15, 0.2) is 6.10 Å². The number of aliphatic carboxylic acids is 1. The van der Waals surface area contributed by atoms with E-state index in [1.807, 2.05) is 30.3 Å². The zero-order valence-electron chi connectivity index (χ0n) is 10.6. The van der Waals surface area contributed by atoms with E-state index in [2.05, 4.69) is 4.90 Å². The van der Waals surface area contributed by atoms with E-state index >= 15 is 0 Å². The smallest absolute Gasteiger partial charge is 0.334 e. The molecule has 5 heteroatoms. The van der Waals surface area contributed by atoms with Gasteiger partial charge in [-0.15, -0.1) is 12.4 Å². The molecule has 3 rings (SSSR count). The fourth-order valence-electron chi connectivity index (χ4n) is 2.73. The van der Waals surface area contributed by atoms with Crippen LogP contribution in [0.2, 0.25) is 0 Å². The van der Waals surface area contributed by atoms with Crippen LogP contribution in [0, 0.1) is 0 Å². The highest BCUT2D eigenvalue weighted by molar-refractivity contribution is 5.85. The Morgan fingerprint density at radius 1 is 1.26 bits per heavy atom. The number of halogens is 1. The maximum Gasteiger partial charge on any atom is 0.334 e. The van der Waals surface area contributed by atoms with Crippen molar-refractivity contribution >= 4 is 18.4 Å². The number of hydrogen-bond donors (Lipinski definition) is 1. The number of rotatable bonds is 3. The van der Waals surface area contributed by atoms with E-state index < -0.39 is 12.1 Å². The number of carboxylic acid groups (broad SMARTS) is 1. The van der Waals surface area contributed by atoms with Crippen LogP contribution in [0.4, 0.5) is 0 Å². The molecule has 1 aliphatic carbocycles. The van der Waals surface area contributed by atoms with Crippen molar-refractivity contribution in [2.75, 3.05) is 13.2 Å². The van der Waals surface area contributed by atoms with Gasteiger partial charge in [-0.2, -0.15) is 0 Å². The van der Waals surface area contributed by atoms with E-state index in [4.69, 9.17) is 4.74 Å². The van der Waals surface area contributed by atoms with Crippen molar-refractivity contribution < 1.29 is 14.6 Å². The molecule has 0 amide bonds. The van der Waals surface area contributed by atoms with Crippen molar-refractivity contribution in [3.05, 3.63) is 35.9 Å². The Morgan fingerprint density at radius 2 is 1.95 bits per heavy atom. The third-order valence-electron chi connectivity index (χ3n) is 3.69. The first kappa shape index (κ1) is 14.3. The predicted octanol–water partition coefficient (Wildman–Crippen LogP) is 2.10. The molecule has 104 valence electrons. The Labute approximate surface area is 118 Å². The maximum atomic E-state index is 11.4. The SMILES string of the molecule is Cl.O=C(O)[C@@H]1OCCN(C2CC2)[C@H]1c1ccccc1. The summed E-state index contributed by atoms with van der Waals surface area (Å²) in [7, 11) is 0. The van der Waals surface area contributed by atoms with Crippen LogP contribution in [-0.4, -0.2) is 41.3 Å². The van der Waals surface area contributed by atoms with Crippen LogP contribution in [-0.2, 0) is 9.53 Å². The van der Waals surface area contributed by atoms with Crippen molar-refractivity contribution in [1.29, 1.82) is 0 Å². The van der Waals surface area contributed by atoms with E-state index in [1.165, 1.54) is 12.8 Å². The number of nitrogens with zero attached hydrogens (tertiary/aromatic N) is 1. The van der Waals surface area contributed by atoms with Crippen LogP contribution < -0.4 is 0 Å². The monoisotopic (exact) mass is 283 g/mol. The van der Waals surface area contributed by atoms with Gasteiger partial charge >= 0.3 is 5.97 Å². The first-order chi connectivity index (χ1) is 8.77. The van der Waals surface area contributed by atoms with Gasteiger partial charge in [-0.1, -0.05) is 30.3 Å². The molecule has 0 bridgehead atoms. The van der Waals surface area contributed by atoms with Crippen molar-refractivity contribution in [2.45, 2.75) is 31.0 Å². The van der Waals surface area contributed by atoms with Crippen LogP contribution in [0.25, 0.3) is 0 Å². The Kier molecular flexibility index (Phi) is 4.45. The normalized spacial score (nSPS) is 27.6. The summed E-state index contributed by atoms with van der Waals surface area (Å²) in [6, 6.07) is 10.2. The number of ether oxygens (including phenoxy) is 1. The minimum Gasteiger partial charge on any atom is -0.479 e. The molecule has 1 aromatic rings. The average molecular weight is 284 g/mol. The van der Waals surface area contributed by atoms with Crippen LogP contribution in [0.15, 0.2) is 30.3 Å². The predicted molar refractivity (Wildman–Crippen MR) is 73.5 cm³/mol. The largest absolute Gasteiger partial charge is 0.479 e. The highest BCUT2D eigenvalue weighted by atomic mass is 35.5. The molecule has 0 spiro atoms. The molecule has 1 N–H and O–H groups in total. The first-order valence-corrected chi connectivity index (χ1v) is 6.42. The number of benzene rings is 1. The zero-order chi connectivity index (χ0) is 12.5. The van der Waals surface area contributed by atoms with E-state index in [1.54, 1.807) is 0 Å². The number of carboxylic acids is 1. The lowest BCUT2D eigenvalue weighted by molar-refractivity contribution is -0.163. The lowest BCUT2D eigenvalue weighted by Gasteiger charge is -2.39. The minimum atomic E-state index is -0.866. The highest BCUT2D eigenvalue weighted by Gasteiger charge is 2.43. The Morgan fingerprint density at radius 3 is 2.53 bits per heavy atom. The van der Waals surface area contributed by atoms with Crippen LogP contribution in [0.3, 0.4) is 0 Å². The second-order valence-electron chi connectivity index (χ2n) is 4.95. The molecule has 0 unspecified atom stereocenters. The molecular formula is C14H18ClNO3. The molecular weight excluding hydrogens is 266 g/mol. The van der Waals surface area contributed by atoms with Crippen molar-refractivity contribution in [3.8, 4) is 0 Å². The molecule has 1 saturated carbocycles. The second kappa shape index (κ2) is 5.90. The molecule has 19 heavy (non-hydrogen) atoms. The third kappa shape index (κ3) is 2.91. The van der Waals surface area contributed by atoms with Gasteiger partial charge in [0.2, 0.25) is 0 Å². The summed E-state index contributed by atoms with van der Waals surface area (Å²) >= 11 is 0. The molecule has 2 atom stereocenters. The molecule has 1 aromatic carbocycles. The summed E-state index contributed by atoms with van der Waals surface area (Å²) in [6.07, 6.45) is 1.60. The topological polar surface area (TPSA) is 49.8 Å². The van der Waals surface area contributed by atoms with Gasteiger partial charge in [-0.05, 0) is 18.4 Å². The van der Waals surface area contributed by atoms with Gasteiger partial charge in [0.05, 0.1) is 12.6 Å². The molecule has 0 radical (unpaired) electrons. The molecule has 2 aliphatic rings. The molecule has 2 fully saturated rings. The fraction of sp³-hybridized carbons (Fsp3) is 0.500. The summed E-state index contributed by atoms with van der Waals surface area (Å²) < 4.78 is 5.47. The van der Waals surface area contributed by atoms with Gasteiger partial charge in [-0.25, -0.2) is 4.79 Å². The summed E-state index contributed by atoms with van der Waals surface area (Å²) in [4.78, 5) is 13.7. The first-order valence-electron chi connectivity index (χ1n) is 6.42. The summed E-state index contributed by atoms with van der Waals surface area (Å²) in [5.41, 5.74) is 1.04. The lowest BCUT2D eigenvalue weighted by atomic mass is 9.98. The van der Waals surface area contributed by atoms with Gasteiger partial charge < -0.3 is 9.84 Å². The van der Waals surface area contributed by atoms with Gasteiger partial charge in [-0.3, -0.25) is 4.90 Å². The van der Waals surface area contributed by atoms with Crippen molar-refractivity contribution in [3.63, 3.8) is 0 Å². The van der Waals surface area contributed by atoms with Crippen LogP contribution in [0.1, 0.15) is 24.4 Å². The number of morpholine rings is 1. The summed E-state index contributed by atoms with van der Waals surface area (Å²) in [5, 5.41) is 9.34.